The highest BCUT2D eigenvalue weighted by molar-refractivity contribution is 6.12. The van der Waals surface area contributed by atoms with Crippen molar-refractivity contribution in [2.75, 3.05) is 18.4 Å². The molecule has 5 amide bonds. The third-order valence-corrected chi connectivity index (χ3v) is 7.06. The van der Waals surface area contributed by atoms with Crippen LogP contribution in [0.3, 0.4) is 0 Å². The molecule has 0 bridgehead atoms. The molecule has 1 unspecified atom stereocenters. The van der Waals surface area contributed by atoms with Crippen molar-refractivity contribution in [3.63, 3.8) is 0 Å². The van der Waals surface area contributed by atoms with Crippen molar-refractivity contribution in [1.82, 2.24) is 30.5 Å². The number of carbonyl (C=O) groups is 4. The molecule has 0 aliphatic carbocycles. The molecule has 13 heteroatoms. The highest BCUT2D eigenvalue weighted by Crippen LogP contribution is 2.24. The molecule has 2 aromatic rings. The van der Waals surface area contributed by atoms with Gasteiger partial charge in [0.15, 0.2) is 0 Å². The van der Waals surface area contributed by atoms with Crippen LogP contribution in [0.2, 0.25) is 0 Å². The Hall–Kier alpha value is -4.26. The summed E-state index contributed by atoms with van der Waals surface area (Å²) in [5.74, 6) is -0.705. The molecule has 0 fully saturated rings. The number of aromatic nitrogens is 3. The Morgan fingerprint density at radius 1 is 1.02 bits per heavy atom. The molecule has 1 aromatic heterocycles. The van der Waals surface area contributed by atoms with Crippen LogP contribution >= 0.6 is 0 Å². The van der Waals surface area contributed by atoms with Gasteiger partial charge in [-0.15, -0.1) is 5.10 Å². The van der Waals surface area contributed by atoms with Gasteiger partial charge in [0.1, 0.15) is 11.9 Å². The summed E-state index contributed by atoms with van der Waals surface area (Å²) in [6.07, 6.45) is 6.50. The number of aliphatic hydroxyl groups is 1. The maximum absolute atomic E-state index is 12.8. The maximum atomic E-state index is 12.8. The number of carbonyl (C=O) groups excluding carboxylic acids is 4. The van der Waals surface area contributed by atoms with Gasteiger partial charge in [-0.25, -0.2) is 9.48 Å². The number of benzene rings is 1. The van der Waals surface area contributed by atoms with Crippen molar-refractivity contribution in [2.45, 2.75) is 77.6 Å². The molecule has 3 rings (SSSR count). The van der Waals surface area contributed by atoms with Crippen LogP contribution < -0.4 is 21.7 Å². The first-order chi connectivity index (χ1) is 20.0. The molecule has 1 aliphatic heterocycles. The number of amides is 5. The molecule has 6 N–H and O–H groups in total. The van der Waals surface area contributed by atoms with Crippen LogP contribution in [0.25, 0.3) is 0 Å². The van der Waals surface area contributed by atoms with Gasteiger partial charge in [0.05, 0.1) is 18.3 Å². The lowest BCUT2D eigenvalue weighted by Crippen LogP contribution is -2.34. The van der Waals surface area contributed by atoms with E-state index in [1.807, 2.05) is 45.0 Å². The summed E-state index contributed by atoms with van der Waals surface area (Å²) in [5, 5.41) is 28.4. The van der Waals surface area contributed by atoms with E-state index in [9.17, 15) is 24.3 Å². The van der Waals surface area contributed by atoms with E-state index in [1.54, 1.807) is 10.9 Å². The van der Waals surface area contributed by atoms with Crippen molar-refractivity contribution in [1.29, 1.82) is 0 Å². The topological polar surface area (TPSA) is 185 Å². The summed E-state index contributed by atoms with van der Waals surface area (Å²) in [6, 6.07) is 6.12. The van der Waals surface area contributed by atoms with Crippen molar-refractivity contribution in [2.24, 2.45) is 11.7 Å². The number of hydrogen-bond donors (Lipinski definition) is 5. The Labute approximate surface area is 245 Å². The first-order valence-corrected chi connectivity index (χ1v) is 14.3. The largest absolute Gasteiger partial charge is 0.372 e. The number of unbranched alkanes of at least 4 members (excludes halogenated alkanes) is 2. The van der Waals surface area contributed by atoms with Crippen LogP contribution in [0.1, 0.15) is 75.7 Å². The number of anilines is 1. The summed E-state index contributed by atoms with van der Waals surface area (Å²) < 4.78 is 1.59. The fourth-order valence-corrected chi connectivity index (χ4v) is 4.68. The number of aliphatic hydroxyl groups excluding tert-OH is 1. The highest BCUT2D eigenvalue weighted by Gasteiger charge is 2.27. The number of hydrogen-bond acceptors (Lipinski definition) is 8. The monoisotopic (exact) mass is 582 g/mol. The minimum Gasteiger partial charge on any atom is -0.372 e. The Balaban J connectivity index is 1.59. The van der Waals surface area contributed by atoms with E-state index >= 15 is 0 Å². The van der Waals surface area contributed by atoms with Crippen LogP contribution in [0.15, 0.2) is 42.6 Å². The molecule has 228 valence electrons. The second-order valence-corrected chi connectivity index (χ2v) is 10.8. The third-order valence-electron chi connectivity index (χ3n) is 7.06. The average molecular weight is 583 g/mol. The van der Waals surface area contributed by atoms with E-state index < -0.39 is 24.3 Å². The fraction of sp³-hybridized carbons (Fsp3) is 0.517. The zero-order valence-electron chi connectivity index (χ0n) is 24.5. The van der Waals surface area contributed by atoms with Crippen LogP contribution in [0.5, 0.6) is 0 Å². The van der Waals surface area contributed by atoms with Crippen LogP contribution in [-0.4, -0.2) is 68.1 Å². The molecule has 2 heterocycles. The molecule has 1 aromatic carbocycles. The quantitative estimate of drug-likeness (QED) is 0.107. The van der Waals surface area contributed by atoms with Gasteiger partial charge in [0.25, 0.3) is 11.8 Å². The predicted molar refractivity (Wildman–Crippen MR) is 157 cm³/mol. The van der Waals surface area contributed by atoms with E-state index in [1.165, 1.54) is 17.1 Å². The van der Waals surface area contributed by atoms with Crippen molar-refractivity contribution in [3.05, 3.63) is 53.9 Å². The Kier molecular flexibility index (Phi) is 12.0. The molecule has 0 spiro atoms. The lowest BCUT2D eigenvalue weighted by molar-refractivity contribution is -0.137. The summed E-state index contributed by atoms with van der Waals surface area (Å²) >= 11 is 0. The standard InChI is InChI=1S/C29H42N8O5/c1-19(2)27(33-24(38)9-5-4-6-17-36-25(39)14-15-26(36)40)22-18-37(35-34-22)23(8-7-16-31-29(30)42)28(41)32-21-12-10-20(3)11-13-21/h10-15,18-19,23,27-28,32,41H,4-9,16-17H2,1-3H3,(H,33,38)(H3,30,31,42)/t23-,27-,28?/m0/s1. The zero-order chi connectivity index (χ0) is 30.6. The van der Waals surface area contributed by atoms with Gasteiger partial charge in [-0.1, -0.05) is 43.2 Å². The number of nitrogens with zero attached hydrogens (tertiary/aromatic N) is 4. The number of nitrogens with one attached hydrogen (secondary N) is 3. The van der Waals surface area contributed by atoms with Gasteiger partial charge in [-0.3, -0.25) is 19.3 Å². The molecule has 0 saturated heterocycles. The minimum atomic E-state index is -1.01. The van der Waals surface area contributed by atoms with Gasteiger partial charge in [0, 0.05) is 37.3 Å². The summed E-state index contributed by atoms with van der Waals surface area (Å²) in [5.41, 5.74) is 7.59. The first kappa shape index (κ1) is 32.3. The molecule has 3 atom stereocenters. The average Bonchev–Trinajstić information content (AvgIpc) is 3.54. The molecule has 0 saturated carbocycles. The van der Waals surface area contributed by atoms with Crippen molar-refractivity contribution >= 4 is 29.4 Å². The minimum absolute atomic E-state index is 0.0209. The van der Waals surface area contributed by atoms with E-state index in [0.717, 1.165) is 11.3 Å². The van der Waals surface area contributed by atoms with Crippen LogP contribution in [-0.2, 0) is 14.4 Å². The molecular weight excluding hydrogens is 540 g/mol. The van der Waals surface area contributed by atoms with Gasteiger partial charge in [0.2, 0.25) is 5.91 Å². The second-order valence-electron chi connectivity index (χ2n) is 10.8. The smallest absolute Gasteiger partial charge is 0.312 e. The number of nitrogens with two attached hydrogens (primary N) is 1. The lowest BCUT2D eigenvalue weighted by Gasteiger charge is -2.25. The van der Waals surface area contributed by atoms with E-state index in [2.05, 4.69) is 26.3 Å². The molecular formula is C29H42N8O5. The maximum Gasteiger partial charge on any atom is 0.312 e. The van der Waals surface area contributed by atoms with Crippen LogP contribution in [0.4, 0.5) is 10.5 Å². The first-order valence-electron chi connectivity index (χ1n) is 14.3. The fourth-order valence-electron chi connectivity index (χ4n) is 4.68. The number of rotatable bonds is 17. The number of imide groups is 1. The molecule has 1 aliphatic rings. The van der Waals surface area contributed by atoms with Gasteiger partial charge in [-0.05, 0) is 50.7 Å². The van der Waals surface area contributed by atoms with Gasteiger partial charge < -0.3 is 26.8 Å². The zero-order valence-corrected chi connectivity index (χ0v) is 24.5. The molecule has 13 nitrogen and oxygen atoms in total. The SMILES string of the molecule is Cc1ccc(NC(O)[C@H](CCCNC(N)=O)n2cc([C@@H](NC(=O)CCCCCN3C(=O)C=CC3=O)C(C)C)nn2)cc1. The van der Waals surface area contributed by atoms with Crippen LogP contribution in [0, 0.1) is 12.8 Å². The Morgan fingerprint density at radius 2 is 1.71 bits per heavy atom. The summed E-state index contributed by atoms with van der Waals surface area (Å²) in [7, 11) is 0. The van der Waals surface area contributed by atoms with Crippen molar-refractivity contribution < 1.29 is 24.3 Å². The second kappa shape index (κ2) is 15.7. The van der Waals surface area contributed by atoms with Crippen molar-refractivity contribution in [3.8, 4) is 0 Å². The van der Waals surface area contributed by atoms with E-state index in [-0.39, 0.29) is 23.6 Å². The van der Waals surface area contributed by atoms with E-state index in [0.29, 0.717) is 57.3 Å². The number of urea groups is 1. The summed E-state index contributed by atoms with van der Waals surface area (Å²) in [4.78, 5) is 48.3. The van der Waals surface area contributed by atoms with Gasteiger partial charge in [-0.2, -0.15) is 0 Å². The van der Waals surface area contributed by atoms with Gasteiger partial charge >= 0.3 is 6.03 Å². The normalized spacial score (nSPS) is 15.1. The third kappa shape index (κ3) is 9.68. The Morgan fingerprint density at radius 3 is 2.36 bits per heavy atom. The molecule has 0 radical (unpaired) electrons. The predicted octanol–water partition coefficient (Wildman–Crippen LogP) is 2.31. The number of aryl methyl sites for hydroxylation is 1. The number of primary amides is 1. The lowest BCUT2D eigenvalue weighted by atomic mass is 10.0. The Bertz CT molecular complexity index is 1220. The summed E-state index contributed by atoms with van der Waals surface area (Å²) in [6.45, 7) is 6.62. The van der Waals surface area contributed by atoms with E-state index in [4.69, 9.17) is 5.73 Å². The highest BCUT2D eigenvalue weighted by atomic mass is 16.3. The molecule has 42 heavy (non-hydrogen) atoms.